The molecule has 0 aliphatic carbocycles. The van der Waals surface area contributed by atoms with Crippen LogP contribution in [-0.4, -0.2) is 0 Å². The van der Waals surface area contributed by atoms with E-state index in [0.717, 1.165) is 11.4 Å². The highest BCUT2D eigenvalue weighted by molar-refractivity contribution is 5.98. The number of benzene rings is 3. The lowest BCUT2D eigenvalue weighted by atomic mass is 9.94. The topological polar surface area (TPSA) is 14.1 Å². The van der Waals surface area contributed by atoms with E-state index in [-0.39, 0.29) is 0 Å². The maximum atomic E-state index is 4.85. The molecule has 0 spiro atoms. The molecule has 0 saturated heterocycles. The molecule has 95 valence electrons. The molecule has 1 heterocycles. The van der Waals surface area contributed by atoms with Gasteiger partial charge in [-0.25, -0.2) is 5.32 Å². The van der Waals surface area contributed by atoms with Crippen LogP contribution in [0.4, 0.5) is 11.4 Å². The zero-order chi connectivity index (χ0) is 13.5. The predicted octanol–water partition coefficient (Wildman–Crippen LogP) is 5.21. The van der Waals surface area contributed by atoms with Crippen LogP contribution in [0, 0.1) is 6.92 Å². The number of fused-ring (bicyclic) bond motifs is 3. The first-order valence-electron chi connectivity index (χ1n) is 6.85. The van der Waals surface area contributed by atoms with Gasteiger partial charge in [0.2, 0.25) is 0 Å². The van der Waals surface area contributed by atoms with E-state index >= 15 is 0 Å². The van der Waals surface area contributed by atoms with Crippen molar-refractivity contribution in [3.63, 3.8) is 0 Å². The van der Waals surface area contributed by atoms with Gasteiger partial charge in [-0.3, -0.25) is 0 Å². The molecular formula is C19H14N. The lowest BCUT2D eigenvalue weighted by molar-refractivity contribution is 1.23. The monoisotopic (exact) mass is 256 g/mol. The summed E-state index contributed by atoms with van der Waals surface area (Å²) in [5.74, 6) is 0. The summed E-state index contributed by atoms with van der Waals surface area (Å²) in [6.45, 7) is 2.15. The summed E-state index contributed by atoms with van der Waals surface area (Å²) in [6, 6.07) is 23.2. The average Bonchev–Trinajstić information content (AvgIpc) is 2.86. The van der Waals surface area contributed by atoms with E-state index in [4.69, 9.17) is 5.32 Å². The van der Waals surface area contributed by atoms with E-state index in [1.807, 2.05) is 12.1 Å². The first kappa shape index (κ1) is 11.3. The van der Waals surface area contributed by atoms with E-state index in [9.17, 15) is 0 Å². The fourth-order valence-corrected chi connectivity index (χ4v) is 2.91. The zero-order valence-corrected chi connectivity index (χ0v) is 11.3. The summed E-state index contributed by atoms with van der Waals surface area (Å²) in [4.78, 5) is 0. The minimum atomic E-state index is 1.07. The van der Waals surface area contributed by atoms with Gasteiger partial charge in [-0.05, 0) is 24.1 Å². The van der Waals surface area contributed by atoms with E-state index in [1.54, 1.807) is 0 Å². The van der Waals surface area contributed by atoms with Gasteiger partial charge in [0.05, 0.1) is 11.4 Å². The molecule has 0 atom stereocenters. The Balaban J connectivity index is 2.00. The molecule has 1 aliphatic heterocycles. The summed E-state index contributed by atoms with van der Waals surface area (Å²) in [6.07, 6.45) is 0. The molecule has 3 aromatic rings. The van der Waals surface area contributed by atoms with Crippen LogP contribution in [0.5, 0.6) is 0 Å². The number of hydrogen-bond acceptors (Lipinski definition) is 0. The second kappa shape index (κ2) is 4.24. The van der Waals surface area contributed by atoms with Crippen molar-refractivity contribution in [2.75, 3.05) is 0 Å². The van der Waals surface area contributed by atoms with Gasteiger partial charge in [-0.2, -0.15) is 0 Å². The van der Waals surface area contributed by atoms with Crippen molar-refractivity contribution >= 4 is 11.4 Å². The smallest absolute Gasteiger partial charge is 0.0797 e. The fourth-order valence-electron chi connectivity index (χ4n) is 2.91. The minimum Gasteiger partial charge on any atom is -0.247 e. The molecule has 0 aromatic heterocycles. The molecule has 0 fully saturated rings. The molecule has 1 aliphatic rings. The molecule has 1 radical (unpaired) electrons. The molecule has 1 nitrogen and oxygen atoms in total. The van der Waals surface area contributed by atoms with E-state index in [1.165, 1.54) is 27.8 Å². The van der Waals surface area contributed by atoms with Gasteiger partial charge in [0.15, 0.2) is 0 Å². The largest absolute Gasteiger partial charge is 0.247 e. The second-order valence-corrected chi connectivity index (χ2v) is 5.15. The Kier molecular flexibility index (Phi) is 2.40. The summed E-state index contributed by atoms with van der Waals surface area (Å²) in [5, 5.41) is 4.85. The number of nitrogens with zero attached hydrogens (tertiary/aromatic N) is 1. The lowest BCUT2D eigenvalue weighted by Gasteiger charge is -2.11. The third-order valence-corrected chi connectivity index (χ3v) is 3.88. The van der Waals surface area contributed by atoms with Crippen molar-refractivity contribution in [3.8, 4) is 22.3 Å². The molecule has 0 unspecified atom stereocenters. The van der Waals surface area contributed by atoms with Gasteiger partial charge < -0.3 is 0 Å². The van der Waals surface area contributed by atoms with E-state index < -0.39 is 0 Å². The van der Waals surface area contributed by atoms with Gasteiger partial charge in [0.1, 0.15) is 0 Å². The van der Waals surface area contributed by atoms with E-state index in [2.05, 4.69) is 61.5 Å². The highest BCUT2D eigenvalue weighted by Gasteiger charge is 2.23. The Labute approximate surface area is 118 Å². The minimum absolute atomic E-state index is 1.07. The molecular weight excluding hydrogens is 242 g/mol. The third kappa shape index (κ3) is 1.56. The standard InChI is InChI=1S/C19H14N/c1-13-11-12-16-15-9-5-6-10-17(15)20-19(16)18(13)14-7-3-2-4-8-14/h2-12H,1H3. The molecule has 20 heavy (non-hydrogen) atoms. The van der Waals surface area contributed by atoms with Gasteiger partial charge in [-0.1, -0.05) is 60.7 Å². The van der Waals surface area contributed by atoms with Gasteiger partial charge in [0, 0.05) is 16.7 Å². The fraction of sp³-hybridized carbons (Fsp3) is 0.0526. The molecule has 0 N–H and O–H groups in total. The first-order chi connectivity index (χ1) is 9.84. The maximum absolute atomic E-state index is 4.85. The Morgan fingerprint density at radius 3 is 2.30 bits per heavy atom. The Morgan fingerprint density at radius 1 is 0.700 bits per heavy atom. The van der Waals surface area contributed by atoms with Crippen molar-refractivity contribution in [2.24, 2.45) is 0 Å². The molecule has 0 bridgehead atoms. The Hall–Kier alpha value is -2.54. The summed E-state index contributed by atoms with van der Waals surface area (Å²) < 4.78 is 0. The van der Waals surface area contributed by atoms with Crippen LogP contribution in [0.1, 0.15) is 5.56 Å². The zero-order valence-electron chi connectivity index (χ0n) is 11.3. The number of aryl methyl sites for hydroxylation is 1. The maximum Gasteiger partial charge on any atom is 0.0797 e. The van der Waals surface area contributed by atoms with Crippen LogP contribution in [0.15, 0.2) is 66.7 Å². The lowest BCUT2D eigenvalue weighted by Crippen LogP contribution is -1.90. The molecule has 0 amide bonds. The Bertz CT molecular complexity index is 788. The van der Waals surface area contributed by atoms with Crippen LogP contribution in [-0.2, 0) is 0 Å². The Morgan fingerprint density at radius 2 is 1.45 bits per heavy atom. The van der Waals surface area contributed by atoms with Crippen LogP contribution < -0.4 is 5.32 Å². The number of hydrogen-bond donors (Lipinski definition) is 0. The molecule has 1 heteroatoms. The predicted molar refractivity (Wildman–Crippen MR) is 83.5 cm³/mol. The highest BCUT2D eigenvalue weighted by atomic mass is 14.9. The van der Waals surface area contributed by atoms with Gasteiger partial charge in [0.25, 0.3) is 0 Å². The normalized spacial score (nSPS) is 11.7. The SMILES string of the molecule is Cc1ccc2c(c1-c1ccccc1)[N]c1ccccc1-2. The van der Waals surface area contributed by atoms with Crippen molar-refractivity contribution in [1.82, 2.24) is 5.32 Å². The van der Waals surface area contributed by atoms with Crippen molar-refractivity contribution < 1.29 is 0 Å². The quantitative estimate of drug-likeness (QED) is 0.444. The summed E-state index contributed by atoms with van der Waals surface area (Å²) >= 11 is 0. The second-order valence-electron chi connectivity index (χ2n) is 5.15. The summed E-state index contributed by atoms with van der Waals surface area (Å²) in [7, 11) is 0. The van der Waals surface area contributed by atoms with Crippen LogP contribution >= 0.6 is 0 Å². The first-order valence-corrected chi connectivity index (χ1v) is 6.85. The highest BCUT2D eigenvalue weighted by Crippen LogP contribution is 2.48. The number of para-hydroxylation sites is 1. The van der Waals surface area contributed by atoms with Crippen LogP contribution in [0.25, 0.3) is 22.3 Å². The summed E-state index contributed by atoms with van der Waals surface area (Å²) in [5.41, 5.74) is 8.41. The van der Waals surface area contributed by atoms with Gasteiger partial charge in [-0.15, -0.1) is 0 Å². The molecule has 3 aromatic carbocycles. The van der Waals surface area contributed by atoms with Crippen molar-refractivity contribution in [3.05, 3.63) is 72.3 Å². The van der Waals surface area contributed by atoms with Crippen LogP contribution in [0.2, 0.25) is 0 Å². The third-order valence-electron chi connectivity index (χ3n) is 3.88. The van der Waals surface area contributed by atoms with Crippen molar-refractivity contribution in [2.45, 2.75) is 6.92 Å². The van der Waals surface area contributed by atoms with Crippen molar-refractivity contribution in [1.29, 1.82) is 0 Å². The molecule has 4 rings (SSSR count). The number of rotatable bonds is 1. The van der Waals surface area contributed by atoms with E-state index in [0.29, 0.717) is 0 Å². The van der Waals surface area contributed by atoms with Crippen LogP contribution in [0.3, 0.4) is 0 Å². The average molecular weight is 256 g/mol. The molecule has 0 saturated carbocycles. The van der Waals surface area contributed by atoms with Gasteiger partial charge >= 0.3 is 0 Å².